The summed E-state index contributed by atoms with van der Waals surface area (Å²) in [5.41, 5.74) is 5.87. The Balaban J connectivity index is 1.75. The lowest BCUT2D eigenvalue weighted by molar-refractivity contribution is 0.174. The lowest BCUT2D eigenvalue weighted by atomic mass is 10.1. The first-order chi connectivity index (χ1) is 8.65. The van der Waals surface area contributed by atoms with Gasteiger partial charge >= 0.3 is 0 Å². The third-order valence-corrected chi connectivity index (χ3v) is 4.05. The zero-order chi connectivity index (χ0) is 13.0. The SMILES string of the molecule is NC1CCN(CCOc2ccc(Cl)cc2Br)CC1. The lowest BCUT2D eigenvalue weighted by Gasteiger charge is -2.29. The van der Waals surface area contributed by atoms with E-state index in [9.17, 15) is 0 Å². The molecule has 2 rings (SSSR count). The Bertz CT molecular complexity index is 395. The highest BCUT2D eigenvalue weighted by Crippen LogP contribution is 2.27. The maximum atomic E-state index is 5.88. The second kappa shape index (κ2) is 6.75. The third-order valence-electron chi connectivity index (χ3n) is 3.19. The van der Waals surface area contributed by atoms with Crippen molar-refractivity contribution in [1.29, 1.82) is 0 Å². The first-order valence-corrected chi connectivity index (χ1v) is 7.38. The molecule has 0 aromatic heterocycles. The van der Waals surface area contributed by atoms with Gasteiger partial charge in [-0.2, -0.15) is 0 Å². The van der Waals surface area contributed by atoms with Crippen LogP contribution in [0.25, 0.3) is 0 Å². The average molecular weight is 334 g/mol. The molecule has 0 spiro atoms. The first-order valence-electron chi connectivity index (χ1n) is 6.21. The van der Waals surface area contributed by atoms with Gasteiger partial charge in [0, 0.05) is 17.6 Å². The van der Waals surface area contributed by atoms with Crippen LogP contribution >= 0.6 is 27.5 Å². The Hall–Kier alpha value is -0.290. The van der Waals surface area contributed by atoms with E-state index in [0.717, 1.165) is 42.7 Å². The van der Waals surface area contributed by atoms with E-state index < -0.39 is 0 Å². The molecule has 0 atom stereocenters. The van der Waals surface area contributed by atoms with Crippen LogP contribution in [0.4, 0.5) is 0 Å². The maximum absolute atomic E-state index is 5.88. The Kier molecular flexibility index (Phi) is 5.30. The predicted octanol–water partition coefficient (Wildman–Crippen LogP) is 2.90. The van der Waals surface area contributed by atoms with Gasteiger partial charge in [-0.3, -0.25) is 4.90 Å². The minimum Gasteiger partial charge on any atom is -0.491 e. The molecule has 1 aliphatic rings. The fraction of sp³-hybridized carbons (Fsp3) is 0.538. The summed E-state index contributed by atoms with van der Waals surface area (Å²) in [7, 11) is 0. The normalized spacial score (nSPS) is 17.9. The minimum absolute atomic E-state index is 0.382. The minimum atomic E-state index is 0.382. The second-order valence-electron chi connectivity index (χ2n) is 4.60. The molecule has 0 radical (unpaired) electrons. The summed E-state index contributed by atoms with van der Waals surface area (Å²) in [6.07, 6.45) is 2.18. The molecule has 1 heterocycles. The van der Waals surface area contributed by atoms with E-state index in [1.165, 1.54) is 0 Å². The summed E-state index contributed by atoms with van der Waals surface area (Å²) in [4.78, 5) is 2.40. The van der Waals surface area contributed by atoms with Gasteiger partial charge in [0.05, 0.1) is 4.47 Å². The molecule has 1 saturated heterocycles. The van der Waals surface area contributed by atoms with Crippen LogP contribution in [0.2, 0.25) is 5.02 Å². The molecule has 2 N–H and O–H groups in total. The number of rotatable bonds is 4. The number of nitrogens with two attached hydrogens (primary N) is 1. The topological polar surface area (TPSA) is 38.5 Å². The van der Waals surface area contributed by atoms with E-state index in [2.05, 4.69) is 20.8 Å². The quantitative estimate of drug-likeness (QED) is 0.921. The van der Waals surface area contributed by atoms with Crippen LogP contribution < -0.4 is 10.5 Å². The second-order valence-corrected chi connectivity index (χ2v) is 5.89. The van der Waals surface area contributed by atoms with Crippen LogP contribution in [0, 0.1) is 0 Å². The monoisotopic (exact) mass is 332 g/mol. The van der Waals surface area contributed by atoms with Crippen molar-refractivity contribution in [3.63, 3.8) is 0 Å². The summed E-state index contributed by atoms with van der Waals surface area (Å²) in [6.45, 7) is 3.79. The molecule has 3 nitrogen and oxygen atoms in total. The molecule has 0 unspecified atom stereocenters. The summed E-state index contributed by atoms with van der Waals surface area (Å²) in [5, 5.41) is 0.708. The summed E-state index contributed by atoms with van der Waals surface area (Å²) in [5.74, 6) is 0.841. The van der Waals surface area contributed by atoms with Gasteiger partial charge < -0.3 is 10.5 Å². The zero-order valence-corrected chi connectivity index (χ0v) is 12.6. The number of benzene rings is 1. The molecule has 1 aromatic rings. The fourth-order valence-electron chi connectivity index (χ4n) is 2.05. The van der Waals surface area contributed by atoms with E-state index in [4.69, 9.17) is 22.1 Å². The van der Waals surface area contributed by atoms with Crippen molar-refractivity contribution in [3.05, 3.63) is 27.7 Å². The van der Waals surface area contributed by atoms with Gasteiger partial charge in [0.1, 0.15) is 12.4 Å². The van der Waals surface area contributed by atoms with Gasteiger partial charge in [-0.25, -0.2) is 0 Å². The fourth-order valence-corrected chi connectivity index (χ4v) is 2.85. The van der Waals surface area contributed by atoms with Crippen LogP contribution in [0.3, 0.4) is 0 Å². The Morgan fingerprint density at radius 2 is 2.11 bits per heavy atom. The van der Waals surface area contributed by atoms with Gasteiger partial charge in [0.15, 0.2) is 0 Å². The molecule has 100 valence electrons. The van der Waals surface area contributed by atoms with Crippen molar-refractivity contribution in [2.75, 3.05) is 26.2 Å². The Morgan fingerprint density at radius 1 is 1.39 bits per heavy atom. The van der Waals surface area contributed by atoms with Crippen LogP contribution in [0.5, 0.6) is 5.75 Å². The number of piperidine rings is 1. The van der Waals surface area contributed by atoms with E-state index in [-0.39, 0.29) is 0 Å². The van der Waals surface area contributed by atoms with Crippen LogP contribution in [0.15, 0.2) is 22.7 Å². The molecule has 1 aliphatic heterocycles. The molecule has 5 heteroatoms. The van der Waals surface area contributed by atoms with Crippen LogP contribution in [-0.2, 0) is 0 Å². The standard InChI is InChI=1S/C13H18BrClN2O/c14-12-9-10(15)1-2-13(12)18-8-7-17-5-3-11(16)4-6-17/h1-2,9,11H,3-8,16H2. The number of nitrogens with zero attached hydrogens (tertiary/aromatic N) is 1. The number of halogens is 2. The molecule has 1 fully saturated rings. The van der Waals surface area contributed by atoms with E-state index in [1.54, 1.807) is 0 Å². The highest BCUT2D eigenvalue weighted by molar-refractivity contribution is 9.10. The molecular weight excluding hydrogens is 316 g/mol. The van der Waals surface area contributed by atoms with Crippen molar-refractivity contribution in [3.8, 4) is 5.75 Å². The smallest absolute Gasteiger partial charge is 0.133 e. The molecule has 0 bridgehead atoms. The molecule has 0 saturated carbocycles. The molecule has 0 aliphatic carbocycles. The molecule has 18 heavy (non-hydrogen) atoms. The van der Waals surface area contributed by atoms with Crippen molar-refractivity contribution < 1.29 is 4.74 Å². The van der Waals surface area contributed by atoms with Gasteiger partial charge in [0.2, 0.25) is 0 Å². The van der Waals surface area contributed by atoms with Gasteiger partial charge in [-0.15, -0.1) is 0 Å². The molecule has 1 aromatic carbocycles. The van der Waals surface area contributed by atoms with Gasteiger partial charge in [-0.1, -0.05) is 11.6 Å². The van der Waals surface area contributed by atoms with Crippen molar-refractivity contribution in [1.82, 2.24) is 4.90 Å². The van der Waals surface area contributed by atoms with E-state index in [1.807, 2.05) is 18.2 Å². The number of hydrogen-bond donors (Lipinski definition) is 1. The average Bonchev–Trinajstić information content (AvgIpc) is 2.34. The van der Waals surface area contributed by atoms with Crippen molar-refractivity contribution >= 4 is 27.5 Å². The molecule has 0 amide bonds. The number of ether oxygens (including phenoxy) is 1. The lowest BCUT2D eigenvalue weighted by Crippen LogP contribution is -2.41. The maximum Gasteiger partial charge on any atom is 0.133 e. The van der Waals surface area contributed by atoms with Gasteiger partial charge in [-0.05, 0) is 60.1 Å². The van der Waals surface area contributed by atoms with Crippen molar-refractivity contribution in [2.45, 2.75) is 18.9 Å². The summed E-state index contributed by atoms with van der Waals surface area (Å²) >= 11 is 9.32. The number of hydrogen-bond acceptors (Lipinski definition) is 3. The first kappa shape index (κ1) is 14.1. The zero-order valence-electron chi connectivity index (χ0n) is 10.2. The Labute approximate surface area is 121 Å². The van der Waals surface area contributed by atoms with Crippen molar-refractivity contribution in [2.24, 2.45) is 5.73 Å². The van der Waals surface area contributed by atoms with Crippen LogP contribution in [0.1, 0.15) is 12.8 Å². The summed E-state index contributed by atoms with van der Waals surface area (Å²) < 4.78 is 6.64. The highest BCUT2D eigenvalue weighted by Gasteiger charge is 2.15. The predicted molar refractivity (Wildman–Crippen MR) is 78.3 cm³/mol. The highest BCUT2D eigenvalue weighted by atomic mass is 79.9. The van der Waals surface area contributed by atoms with E-state index in [0.29, 0.717) is 17.7 Å². The summed E-state index contributed by atoms with van der Waals surface area (Å²) in [6, 6.07) is 5.95. The largest absolute Gasteiger partial charge is 0.491 e. The van der Waals surface area contributed by atoms with Crippen LogP contribution in [-0.4, -0.2) is 37.2 Å². The van der Waals surface area contributed by atoms with E-state index >= 15 is 0 Å². The number of likely N-dealkylation sites (tertiary alicyclic amines) is 1. The Morgan fingerprint density at radius 3 is 2.78 bits per heavy atom. The molecular formula is C13H18BrClN2O. The van der Waals surface area contributed by atoms with Gasteiger partial charge in [0.25, 0.3) is 0 Å². The third kappa shape index (κ3) is 4.12.